The van der Waals surface area contributed by atoms with Crippen molar-refractivity contribution in [3.63, 3.8) is 0 Å². The van der Waals surface area contributed by atoms with Crippen LogP contribution in [0.4, 0.5) is 0 Å². The zero-order valence-electron chi connectivity index (χ0n) is 10.8. The third kappa shape index (κ3) is 3.01. The lowest BCUT2D eigenvalue weighted by Gasteiger charge is -2.40. The summed E-state index contributed by atoms with van der Waals surface area (Å²) < 4.78 is 0. The van der Waals surface area contributed by atoms with E-state index in [0.717, 1.165) is 24.6 Å². The van der Waals surface area contributed by atoms with Crippen LogP contribution in [0, 0.1) is 6.92 Å². The molecule has 0 radical (unpaired) electrons. The number of rotatable bonds is 3. The highest BCUT2D eigenvalue weighted by atomic mass is 15.2. The first-order valence-electron chi connectivity index (χ1n) is 6.45. The minimum absolute atomic E-state index is 0.508. The Morgan fingerprint density at radius 3 is 3.00 bits per heavy atom. The van der Waals surface area contributed by atoms with Crippen LogP contribution in [0.2, 0.25) is 0 Å². The number of aryl methyl sites for hydroxylation is 1. The highest BCUT2D eigenvalue weighted by Crippen LogP contribution is 2.23. The summed E-state index contributed by atoms with van der Waals surface area (Å²) >= 11 is 0. The molecule has 1 saturated heterocycles. The molecule has 0 spiro atoms. The zero-order valence-corrected chi connectivity index (χ0v) is 10.8. The standard InChI is InChI=1S/C13H22N4/c1-10-4-3-5-13(8-14)17(10)9-12-6-7-15-11(2)16-12/h6-7,10,13H,3-5,8-9,14H2,1-2H3. The van der Waals surface area contributed by atoms with Crippen LogP contribution in [0.1, 0.15) is 37.7 Å². The van der Waals surface area contributed by atoms with Crippen LogP contribution < -0.4 is 5.73 Å². The second-order valence-electron chi connectivity index (χ2n) is 4.94. The molecule has 17 heavy (non-hydrogen) atoms. The van der Waals surface area contributed by atoms with Gasteiger partial charge >= 0.3 is 0 Å². The number of nitrogens with two attached hydrogens (primary N) is 1. The average Bonchev–Trinajstić information content (AvgIpc) is 2.32. The summed E-state index contributed by atoms with van der Waals surface area (Å²) in [7, 11) is 0. The summed E-state index contributed by atoms with van der Waals surface area (Å²) in [6.45, 7) is 5.86. The molecule has 1 fully saturated rings. The maximum atomic E-state index is 5.86. The molecular weight excluding hydrogens is 212 g/mol. The van der Waals surface area contributed by atoms with Gasteiger partial charge < -0.3 is 5.73 Å². The minimum Gasteiger partial charge on any atom is -0.329 e. The van der Waals surface area contributed by atoms with E-state index in [1.54, 1.807) is 0 Å². The first-order chi connectivity index (χ1) is 8.20. The first kappa shape index (κ1) is 12.5. The molecule has 4 nitrogen and oxygen atoms in total. The van der Waals surface area contributed by atoms with Crippen LogP contribution in [0.15, 0.2) is 12.3 Å². The van der Waals surface area contributed by atoms with E-state index >= 15 is 0 Å². The molecule has 94 valence electrons. The van der Waals surface area contributed by atoms with E-state index in [4.69, 9.17) is 5.73 Å². The van der Waals surface area contributed by atoms with E-state index in [9.17, 15) is 0 Å². The van der Waals surface area contributed by atoms with Crippen LogP contribution in [0.3, 0.4) is 0 Å². The molecule has 1 aliphatic heterocycles. The SMILES string of the molecule is Cc1nccc(CN2C(C)CCCC2CN)n1. The predicted molar refractivity (Wildman–Crippen MR) is 68.5 cm³/mol. The third-order valence-electron chi connectivity index (χ3n) is 3.64. The fraction of sp³-hybridized carbons (Fsp3) is 0.692. The Morgan fingerprint density at radius 2 is 2.29 bits per heavy atom. The number of piperidine rings is 1. The number of aromatic nitrogens is 2. The van der Waals surface area contributed by atoms with Crippen molar-refractivity contribution >= 4 is 0 Å². The van der Waals surface area contributed by atoms with Crippen LogP contribution in [-0.4, -0.2) is 33.5 Å². The number of hydrogen-bond donors (Lipinski definition) is 1. The van der Waals surface area contributed by atoms with Crippen molar-refractivity contribution in [1.29, 1.82) is 0 Å². The molecule has 0 aliphatic carbocycles. The molecule has 0 amide bonds. The summed E-state index contributed by atoms with van der Waals surface area (Å²) in [4.78, 5) is 11.1. The van der Waals surface area contributed by atoms with Crippen molar-refractivity contribution in [3.8, 4) is 0 Å². The second-order valence-corrected chi connectivity index (χ2v) is 4.94. The summed E-state index contributed by atoms with van der Waals surface area (Å²) in [5.41, 5.74) is 6.97. The highest BCUT2D eigenvalue weighted by Gasteiger charge is 2.26. The molecule has 2 unspecified atom stereocenters. The molecular formula is C13H22N4. The van der Waals surface area contributed by atoms with Gasteiger partial charge in [0.25, 0.3) is 0 Å². The Balaban J connectivity index is 2.09. The first-order valence-corrected chi connectivity index (χ1v) is 6.45. The van der Waals surface area contributed by atoms with E-state index in [1.165, 1.54) is 19.3 Å². The maximum absolute atomic E-state index is 5.86. The van der Waals surface area contributed by atoms with E-state index in [-0.39, 0.29) is 0 Å². The van der Waals surface area contributed by atoms with E-state index < -0.39 is 0 Å². The Bertz CT molecular complexity index is 366. The fourth-order valence-electron chi connectivity index (χ4n) is 2.66. The molecule has 4 heteroatoms. The van der Waals surface area contributed by atoms with Gasteiger partial charge in [-0.25, -0.2) is 9.97 Å². The predicted octanol–water partition coefficient (Wildman–Crippen LogP) is 1.49. The average molecular weight is 234 g/mol. The van der Waals surface area contributed by atoms with E-state index in [2.05, 4.69) is 21.8 Å². The third-order valence-corrected chi connectivity index (χ3v) is 3.64. The molecule has 0 saturated carbocycles. The summed E-state index contributed by atoms with van der Waals surface area (Å²) in [6.07, 6.45) is 5.61. The molecule has 2 rings (SSSR count). The molecule has 2 heterocycles. The van der Waals surface area contributed by atoms with Gasteiger partial charge in [0, 0.05) is 31.4 Å². The summed E-state index contributed by atoms with van der Waals surface area (Å²) in [6, 6.07) is 3.11. The molecule has 2 N–H and O–H groups in total. The highest BCUT2D eigenvalue weighted by molar-refractivity contribution is 5.02. The summed E-state index contributed by atoms with van der Waals surface area (Å²) in [5, 5.41) is 0. The molecule has 1 aliphatic rings. The van der Waals surface area contributed by atoms with Gasteiger partial charge in [-0.05, 0) is 32.8 Å². The Hall–Kier alpha value is -1.00. The lowest BCUT2D eigenvalue weighted by Crippen LogP contribution is -2.48. The normalized spacial score (nSPS) is 26.1. The van der Waals surface area contributed by atoms with Crippen LogP contribution in [0.25, 0.3) is 0 Å². The van der Waals surface area contributed by atoms with Crippen LogP contribution >= 0.6 is 0 Å². The van der Waals surface area contributed by atoms with Crippen LogP contribution in [-0.2, 0) is 6.54 Å². The quantitative estimate of drug-likeness (QED) is 0.861. The second kappa shape index (κ2) is 5.56. The minimum atomic E-state index is 0.508. The van der Waals surface area contributed by atoms with Crippen molar-refractivity contribution in [1.82, 2.24) is 14.9 Å². The number of nitrogens with zero attached hydrogens (tertiary/aromatic N) is 3. The van der Waals surface area contributed by atoms with Gasteiger partial charge in [-0.3, -0.25) is 4.90 Å². The lowest BCUT2D eigenvalue weighted by molar-refractivity contribution is 0.0877. The van der Waals surface area contributed by atoms with E-state index in [0.29, 0.717) is 12.1 Å². The molecule has 1 aromatic heterocycles. The van der Waals surface area contributed by atoms with E-state index in [1.807, 2.05) is 19.2 Å². The largest absolute Gasteiger partial charge is 0.329 e. The summed E-state index contributed by atoms with van der Waals surface area (Å²) in [5.74, 6) is 0.844. The smallest absolute Gasteiger partial charge is 0.125 e. The van der Waals surface area contributed by atoms with Crippen molar-refractivity contribution in [2.75, 3.05) is 6.54 Å². The van der Waals surface area contributed by atoms with Gasteiger partial charge in [0.15, 0.2) is 0 Å². The number of hydrogen-bond acceptors (Lipinski definition) is 4. The van der Waals surface area contributed by atoms with Gasteiger partial charge in [0.1, 0.15) is 5.82 Å². The van der Waals surface area contributed by atoms with Gasteiger partial charge in [-0.2, -0.15) is 0 Å². The molecule has 2 atom stereocenters. The molecule has 0 bridgehead atoms. The number of likely N-dealkylation sites (tertiary alicyclic amines) is 1. The Morgan fingerprint density at radius 1 is 1.47 bits per heavy atom. The molecule has 0 aromatic carbocycles. The van der Waals surface area contributed by atoms with Gasteiger partial charge in [-0.15, -0.1) is 0 Å². The molecule has 1 aromatic rings. The van der Waals surface area contributed by atoms with Crippen molar-refractivity contribution in [2.24, 2.45) is 5.73 Å². The maximum Gasteiger partial charge on any atom is 0.125 e. The van der Waals surface area contributed by atoms with Crippen molar-refractivity contribution < 1.29 is 0 Å². The topological polar surface area (TPSA) is 55.0 Å². The zero-order chi connectivity index (χ0) is 12.3. The van der Waals surface area contributed by atoms with Crippen molar-refractivity contribution in [3.05, 3.63) is 23.8 Å². The fourth-order valence-corrected chi connectivity index (χ4v) is 2.66. The van der Waals surface area contributed by atoms with Crippen molar-refractivity contribution in [2.45, 2.75) is 51.7 Å². The van der Waals surface area contributed by atoms with Crippen LogP contribution in [0.5, 0.6) is 0 Å². The Labute approximate surface area is 103 Å². The van der Waals surface area contributed by atoms with Gasteiger partial charge in [0.05, 0.1) is 5.69 Å². The lowest BCUT2D eigenvalue weighted by atomic mass is 9.96. The van der Waals surface area contributed by atoms with Gasteiger partial charge in [0.2, 0.25) is 0 Å². The Kier molecular flexibility index (Phi) is 4.07. The monoisotopic (exact) mass is 234 g/mol. The van der Waals surface area contributed by atoms with Gasteiger partial charge in [-0.1, -0.05) is 6.42 Å².